The third-order valence-corrected chi connectivity index (χ3v) is 4.71. The van der Waals surface area contributed by atoms with Crippen LogP contribution in [0.25, 0.3) is 0 Å². The maximum Gasteiger partial charge on any atom is 0.410 e. The van der Waals surface area contributed by atoms with Crippen LogP contribution in [0.1, 0.15) is 43.4 Å². The second kappa shape index (κ2) is 8.56. The smallest absolute Gasteiger partial charge is 0.410 e. The minimum atomic E-state index is -0.464. The fourth-order valence-electron chi connectivity index (χ4n) is 2.40. The number of hydrogen-bond donors (Lipinski definition) is 2. The average molecular weight is 367 g/mol. The predicted octanol–water partition coefficient (Wildman–Crippen LogP) is 3.12. The van der Waals surface area contributed by atoms with Gasteiger partial charge in [-0.05, 0) is 52.7 Å². The highest BCUT2D eigenvalue weighted by molar-refractivity contribution is 7.11. The normalized spacial score (nSPS) is 15.0. The van der Waals surface area contributed by atoms with Crippen LogP contribution in [-0.2, 0) is 11.3 Å². The number of amides is 1. The maximum atomic E-state index is 12.3. The summed E-state index contributed by atoms with van der Waals surface area (Å²) in [6.07, 6.45) is 1.89. The molecule has 1 aromatic heterocycles. The van der Waals surface area contributed by atoms with E-state index in [4.69, 9.17) is 4.74 Å². The van der Waals surface area contributed by atoms with E-state index in [0.29, 0.717) is 19.1 Å². The number of carbonyl (C=O) groups is 1. The number of aliphatic imine (C=N–C) groups is 1. The molecule has 0 unspecified atom stereocenters. The lowest BCUT2D eigenvalue weighted by atomic mass is 10.2. The summed E-state index contributed by atoms with van der Waals surface area (Å²) >= 11 is 1.78. The van der Waals surface area contributed by atoms with Crippen molar-refractivity contribution in [3.05, 3.63) is 21.9 Å². The Labute approximate surface area is 154 Å². The van der Waals surface area contributed by atoms with Gasteiger partial charge in [-0.15, -0.1) is 11.3 Å². The lowest BCUT2D eigenvalue weighted by Gasteiger charge is -2.27. The summed E-state index contributed by atoms with van der Waals surface area (Å²) in [6.45, 7) is 9.78. The Morgan fingerprint density at radius 1 is 1.36 bits per heavy atom. The van der Waals surface area contributed by atoms with Gasteiger partial charge in [0, 0.05) is 35.9 Å². The first kappa shape index (κ1) is 19.6. The van der Waals surface area contributed by atoms with Gasteiger partial charge in [-0.1, -0.05) is 0 Å². The molecule has 6 nitrogen and oxygen atoms in total. The van der Waals surface area contributed by atoms with Crippen LogP contribution < -0.4 is 10.6 Å². The van der Waals surface area contributed by atoms with E-state index in [9.17, 15) is 4.79 Å². The van der Waals surface area contributed by atoms with E-state index < -0.39 is 5.60 Å². The summed E-state index contributed by atoms with van der Waals surface area (Å²) in [5.74, 6) is 0.742. The van der Waals surface area contributed by atoms with Gasteiger partial charge in [0.25, 0.3) is 0 Å². The van der Waals surface area contributed by atoms with Crippen LogP contribution in [0.4, 0.5) is 4.79 Å². The van der Waals surface area contributed by atoms with Gasteiger partial charge in [0.1, 0.15) is 5.60 Å². The Kier molecular flexibility index (Phi) is 6.70. The Balaban J connectivity index is 1.76. The zero-order chi connectivity index (χ0) is 18.4. The van der Waals surface area contributed by atoms with E-state index in [1.54, 1.807) is 18.4 Å². The molecule has 0 bridgehead atoms. The Bertz CT molecular complexity index is 602. The molecular formula is C18H30N4O2S. The van der Waals surface area contributed by atoms with Crippen molar-refractivity contribution in [3.8, 4) is 0 Å². The van der Waals surface area contributed by atoms with Crippen molar-refractivity contribution in [2.75, 3.05) is 20.1 Å². The fraction of sp³-hybridized carbons (Fsp3) is 0.667. The first-order chi connectivity index (χ1) is 11.8. The Hall–Kier alpha value is -1.76. The lowest BCUT2D eigenvalue weighted by Crippen LogP contribution is -2.45. The van der Waals surface area contributed by atoms with Gasteiger partial charge in [0.2, 0.25) is 0 Å². The summed E-state index contributed by atoms with van der Waals surface area (Å²) in [4.78, 5) is 21.0. The van der Waals surface area contributed by atoms with Gasteiger partial charge in [-0.25, -0.2) is 4.79 Å². The summed E-state index contributed by atoms with van der Waals surface area (Å²) in [5, 5.41) is 6.57. The van der Waals surface area contributed by atoms with Crippen molar-refractivity contribution >= 4 is 23.4 Å². The molecule has 0 radical (unpaired) electrons. The number of guanidine groups is 1. The first-order valence-corrected chi connectivity index (χ1v) is 9.59. The third kappa shape index (κ3) is 6.94. The Morgan fingerprint density at radius 3 is 2.60 bits per heavy atom. The summed E-state index contributed by atoms with van der Waals surface area (Å²) in [6, 6.07) is 4.56. The second-order valence-electron chi connectivity index (χ2n) is 7.27. The Morgan fingerprint density at radius 2 is 2.08 bits per heavy atom. The van der Waals surface area contributed by atoms with Crippen molar-refractivity contribution in [1.82, 2.24) is 15.5 Å². The molecule has 7 heteroatoms. The molecule has 0 atom stereocenters. The van der Waals surface area contributed by atoms with Crippen LogP contribution in [0.3, 0.4) is 0 Å². The second-order valence-corrected chi connectivity index (χ2v) is 8.64. The minimum Gasteiger partial charge on any atom is -0.444 e. The zero-order valence-electron chi connectivity index (χ0n) is 15.9. The summed E-state index contributed by atoms with van der Waals surface area (Å²) in [7, 11) is 1.75. The van der Waals surface area contributed by atoms with Crippen LogP contribution >= 0.6 is 11.3 Å². The monoisotopic (exact) mass is 366 g/mol. The molecule has 1 fully saturated rings. The van der Waals surface area contributed by atoms with Gasteiger partial charge in [-0.2, -0.15) is 0 Å². The SMILES string of the molecule is CN=C(NCCN(C(=O)OC(C)(C)C)C1CC1)NCc1ccc(C)s1. The molecule has 1 amide bonds. The molecule has 1 heterocycles. The van der Waals surface area contributed by atoms with Gasteiger partial charge < -0.3 is 20.3 Å². The van der Waals surface area contributed by atoms with E-state index in [1.165, 1.54) is 9.75 Å². The van der Waals surface area contributed by atoms with E-state index in [2.05, 4.69) is 34.7 Å². The quantitative estimate of drug-likeness (QED) is 0.600. The van der Waals surface area contributed by atoms with E-state index in [1.807, 2.05) is 25.7 Å². The molecule has 0 saturated heterocycles. The number of nitrogens with one attached hydrogen (secondary N) is 2. The van der Waals surface area contributed by atoms with E-state index >= 15 is 0 Å². The minimum absolute atomic E-state index is 0.228. The number of thiophene rings is 1. The highest BCUT2D eigenvalue weighted by atomic mass is 32.1. The van der Waals surface area contributed by atoms with Gasteiger partial charge in [0.05, 0.1) is 6.54 Å². The largest absolute Gasteiger partial charge is 0.444 e. The van der Waals surface area contributed by atoms with Crippen molar-refractivity contribution < 1.29 is 9.53 Å². The predicted molar refractivity (Wildman–Crippen MR) is 103 cm³/mol. The van der Waals surface area contributed by atoms with Crippen LogP contribution in [-0.4, -0.2) is 48.7 Å². The third-order valence-electron chi connectivity index (χ3n) is 3.71. The van der Waals surface area contributed by atoms with Crippen molar-refractivity contribution in [3.63, 3.8) is 0 Å². The molecule has 140 valence electrons. The topological polar surface area (TPSA) is 66.0 Å². The fourth-order valence-corrected chi connectivity index (χ4v) is 3.23. The van der Waals surface area contributed by atoms with Crippen LogP contribution in [0.15, 0.2) is 17.1 Å². The molecule has 0 spiro atoms. The van der Waals surface area contributed by atoms with E-state index in [0.717, 1.165) is 25.3 Å². The standard InChI is InChI=1S/C18H30N4O2S/c1-13-6-9-15(25-13)12-21-16(19-5)20-10-11-22(14-7-8-14)17(23)24-18(2,3)4/h6,9,14H,7-8,10-12H2,1-5H3,(H2,19,20,21). The van der Waals surface area contributed by atoms with Crippen molar-refractivity contribution in [2.24, 2.45) is 4.99 Å². The molecule has 25 heavy (non-hydrogen) atoms. The molecule has 0 aliphatic heterocycles. The average Bonchev–Trinajstić information content (AvgIpc) is 3.26. The van der Waals surface area contributed by atoms with E-state index in [-0.39, 0.29) is 6.09 Å². The summed E-state index contributed by atoms with van der Waals surface area (Å²) in [5.41, 5.74) is -0.464. The number of nitrogens with zero attached hydrogens (tertiary/aromatic N) is 2. The number of rotatable bonds is 6. The van der Waals surface area contributed by atoms with Crippen molar-refractivity contribution in [2.45, 2.75) is 58.7 Å². The summed E-state index contributed by atoms with van der Waals surface area (Å²) < 4.78 is 5.51. The number of aryl methyl sites for hydroxylation is 1. The lowest BCUT2D eigenvalue weighted by molar-refractivity contribution is 0.0238. The van der Waals surface area contributed by atoms with Crippen LogP contribution in [0.2, 0.25) is 0 Å². The highest BCUT2D eigenvalue weighted by Crippen LogP contribution is 2.28. The van der Waals surface area contributed by atoms with Crippen LogP contribution in [0, 0.1) is 6.92 Å². The van der Waals surface area contributed by atoms with Gasteiger partial charge in [0.15, 0.2) is 5.96 Å². The number of carbonyl (C=O) groups excluding carboxylic acids is 1. The number of hydrogen-bond acceptors (Lipinski definition) is 4. The van der Waals surface area contributed by atoms with Crippen LogP contribution in [0.5, 0.6) is 0 Å². The zero-order valence-corrected chi connectivity index (χ0v) is 16.7. The molecule has 2 rings (SSSR count). The molecule has 1 aliphatic carbocycles. The number of ether oxygens (including phenoxy) is 1. The molecule has 1 aliphatic rings. The first-order valence-electron chi connectivity index (χ1n) is 8.78. The van der Waals surface area contributed by atoms with Crippen molar-refractivity contribution in [1.29, 1.82) is 0 Å². The molecule has 1 aromatic rings. The van der Waals surface area contributed by atoms with Gasteiger partial charge in [-0.3, -0.25) is 4.99 Å². The molecule has 2 N–H and O–H groups in total. The van der Waals surface area contributed by atoms with Gasteiger partial charge >= 0.3 is 6.09 Å². The highest BCUT2D eigenvalue weighted by Gasteiger charge is 2.34. The molecule has 1 saturated carbocycles. The molecule has 0 aromatic carbocycles. The molecular weight excluding hydrogens is 336 g/mol. The maximum absolute atomic E-state index is 12.3.